The van der Waals surface area contributed by atoms with E-state index in [1.54, 1.807) is 18.2 Å². The number of carboxylic acid groups (broad SMARTS) is 1. The minimum absolute atomic E-state index is 0.0397. The third kappa shape index (κ3) is 3.14. The van der Waals surface area contributed by atoms with Gasteiger partial charge in [-0.05, 0) is 6.07 Å². The number of hydrogen-bond acceptors (Lipinski definition) is 4. The number of carbonyl (C=O) groups is 1. The largest absolute Gasteiger partial charge is 0.504 e. The first-order chi connectivity index (χ1) is 7.15. The molecule has 5 heteroatoms. The summed E-state index contributed by atoms with van der Waals surface area (Å²) in [4.78, 5) is 10.2. The molecule has 0 aliphatic rings. The first kappa shape index (κ1) is 11.3. The van der Waals surface area contributed by atoms with Crippen LogP contribution < -0.4 is 10.1 Å². The minimum atomic E-state index is -0.933. The predicted molar refractivity (Wildman–Crippen MR) is 54.0 cm³/mol. The van der Waals surface area contributed by atoms with Crippen LogP contribution >= 0.6 is 0 Å². The number of rotatable bonds is 5. The number of para-hydroxylation sites is 1. The maximum Gasteiger partial charge on any atom is 0.317 e. The number of aromatic hydroxyl groups is 1. The van der Waals surface area contributed by atoms with Crippen molar-refractivity contribution in [3.05, 3.63) is 23.8 Å². The molecule has 0 radical (unpaired) electrons. The van der Waals surface area contributed by atoms with Crippen LogP contribution in [0.5, 0.6) is 11.5 Å². The van der Waals surface area contributed by atoms with Crippen LogP contribution in [0.25, 0.3) is 0 Å². The second kappa shape index (κ2) is 5.21. The molecule has 1 aromatic rings. The highest BCUT2D eigenvalue weighted by atomic mass is 16.5. The smallest absolute Gasteiger partial charge is 0.317 e. The van der Waals surface area contributed by atoms with E-state index in [9.17, 15) is 9.90 Å². The molecule has 0 atom stereocenters. The van der Waals surface area contributed by atoms with Crippen LogP contribution in [0.4, 0.5) is 0 Å². The Hall–Kier alpha value is -1.75. The molecule has 0 amide bonds. The fourth-order valence-corrected chi connectivity index (χ4v) is 1.18. The molecular formula is C10H13NO4. The normalized spacial score (nSPS) is 9.93. The van der Waals surface area contributed by atoms with Crippen LogP contribution in [-0.2, 0) is 11.3 Å². The van der Waals surface area contributed by atoms with E-state index < -0.39 is 5.97 Å². The van der Waals surface area contributed by atoms with Gasteiger partial charge in [0.05, 0.1) is 13.7 Å². The quantitative estimate of drug-likeness (QED) is 0.663. The molecule has 3 N–H and O–H groups in total. The van der Waals surface area contributed by atoms with E-state index in [0.717, 1.165) is 0 Å². The molecule has 15 heavy (non-hydrogen) atoms. The average molecular weight is 211 g/mol. The van der Waals surface area contributed by atoms with Crippen molar-refractivity contribution in [1.29, 1.82) is 0 Å². The van der Waals surface area contributed by atoms with E-state index in [4.69, 9.17) is 9.84 Å². The fourth-order valence-electron chi connectivity index (χ4n) is 1.18. The zero-order chi connectivity index (χ0) is 11.3. The van der Waals surface area contributed by atoms with Gasteiger partial charge >= 0.3 is 5.97 Å². The van der Waals surface area contributed by atoms with Gasteiger partial charge in [-0.15, -0.1) is 0 Å². The highest BCUT2D eigenvalue weighted by Crippen LogP contribution is 2.28. The van der Waals surface area contributed by atoms with Crippen molar-refractivity contribution in [3.8, 4) is 11.5 Å². The van der Waals surface area contributed by atoms with Crippen molar-refractivity contribution >= 4 is 5.97 Å². The molecule has 0 aromatic heterocycles. The highest BCUT2D eigenvalue weighted by molar-refractivity contribution is 5.69. The number of aliphatic carboxylic acids is 1. The third-order valence-electron chi connectivity index (χ3n) is 1.89. The second-order valence-electron chi connectivity index (χ2n) is 2.97. The molecule has 0 aliphatic carbocycles. The molecule has 1 aromatic carbocycles. The molecule has 0 unspecified atom stereocenters. The Kier molecular flexibility index (Phi) is 3.93. The maximum atomic E-state index is 10.2. The number of benzene rings is 1. The van der Waals surface area contributed by atoms with Crippen LogP contribution in [0.1, 0.15) is 5.56 Å². The van der Waals surface area contributed by atoms with Crippen molar-refractivity contribution in [2.45, 2.75) is 6.54 Å². The first-order valence-corrected chi connectivity index (χ1v) is 4.42. The summed E-state index contributed by atoms with van der Waals surface area (Å²) >= 11 is 0. The second-order valence-corrected chi connectivity index (χ2v) is 2.97. The Bertz CT molecular complexity index is 351. The summed E-state index contributed by atoms with van der Waals surface area (Å²) < 4.78 is 4.92. The number of hydrogen-bond donors (Lipinski definition) is 3. The molecule has 0 aliphatic heterocycles. The minimum Gasteiger partial charge on any atom is -0.504 e. The lowest BCUT2D eigenvalue weighted by Gasteiger charge is -2.08. The van der Waals surface area contributed by atoms with Gasteiger partial charge in [0.15, 0.2) is 11.5 Å². The third-order valence-corrected chi connectivity index (χ3v) is 1.89. The van der Waals surface area contributed by atoms with E-state index in [1.807, 2.05) is 0 Å². The Morgan fingerprint density at radius 1 is 1.53 bits per heavy atom. The Morgan fingerprint density at radius 3 is 2.87 bits per heavy atom. The Balaban J connectivity index is 2.64. The van der Waals surface area contributed by atoms with Crippen LogP contribution in [0.15, 0.2) is 18.2 Å². The van der Waals surface area contributed by atoms with Gasteiger partial charge in [0.1, 0.15) is 0 Å². The van der Waals surface area contributed by atoms with Gasteiger partial charge in [-0.1, -0.05) is 12.1 Å². The fraction of sp³-hybridized carbons (Fsp3) is 0.300. The molecule has 0 saturated heterocycles. The van der Waals surface area contributed by atoms with Gasteiger partial charge < -0.3 is 20.3 Å². The molecule has 0 saturated carbocycles. The summed E-state index contributed by atoms with van der Waals surface area (Å²) in [6, 6.07) is 5.07. The lowest BCUT2D eigenvalue weighted by Crippen LogP contribution is -2.21. The Morgan fingerprint density at radius 2 is 2.27 bits per heavy atom. The van der Waals surface area contributed by atoms with E-state index >= 15 is 0 Å². The average Bonchev–Trinajstić information content (AvgIpc) is 2.20. The lowest BCUT2D eigenvalue weighted by molar-refractivity contribution is -0.136. The van der Waals surface area contributed by atoms with Crippen molar-refractivity contribution in [3.63, 3.8) is 0 Å². The van der Waals surface area contributed by atoms with Gasteiger partial charge in [0.2, 0.25) is 0 Å². The summed E-state index contributed by atoms with van der Waals surface area (Å²) in [6.07, 6.45) is 0. The van der Waals surface area contributed by atoms with Crippen molar-refractivity contribution in [1.82, 2.24) is 5.32 Å². The van der Waals surface area contributed by atoms with E-state index in [0.29, 0.717) is 11.3 Å². The van der Waals surface area contributed by atoms with E-state index in [2.05, 4.69) is 5.32 Å². The zero-order valence-corrected chi connectivity index (χ0v) is 8.36. The molecule has 82 valence electrons. The summed E-state index contributed by atoms with van der Waals surface area (Å²) in [5.74, 6) is -0.514. The summed E-state index contributed by atoms with van der Waals surface area (Å²) in [7, 11) is 1.46. The number of methoxy groups -OCH3 is 1. The van der Waals surface area contributed by atoms with Gasteiger partial charge in [0.25, 0.3) is 0 Å². The number of phenolic OH excluding ortho intramolecular Hbond substituents is 1. The zero-order valence-electron chi connectivity index (χ0n) is 8.36. The summed E-state index contributed by atoms with van der Waals surface area (Å²) in [5.41, 5.74) is 0.607. The molecule has 0 fully saturated rings. The monoisotopic (exact) mass is 211 g/mol. The first-order valence-electron chi connectivity index (χ1n) is 4.42. The summed E-state index contributed by atoms with van der Waals surface area (Å²) in [6.45, 7) is 0.145. The van der Waals surface area contributed by atoms with E-state index in [1.165, 1.54) is 7.11 Å². The standard InChI is InChI=1S/C10H13NO4/c1-15-8-4-2-3-7(10(8)14)5-11-6-9(12)13/h2-4,11,14H,5-6H2,1H3,(H,12,13). The van der Waals surface area contributed by atoms with Crippen LogP contribution in [0.2, 0.25) is 0 Å². The Labute approximate surface area is 87.3 Å². The van der Waals surface area contributed by atoms with Crippen LogP contribution in [0.3, 0.4) is 0 Å². The number of phenols is 1. The topological polar surface area (TPSA) is 78.8 Å². The number of ether oxygens (including phenoxy) is 1. The molecule has 5 nitrogen and oxygen atoms in total. The lowest BCUT2D eigenvalue weighted by atomic mass is 10.2. The predicted octanol–water partition coefficient (Wildman–Crippen LogP) is 0.575. The van der Waals surface area contributed by atoms with Gasteiger partial charge in [-0.2, -0.15) is 0 Å². The van der Waals surface area contributed by atoms with Gasteiger partial charge in [-0.25, -0.2) is 0 Å². The van der Waals surface area contributed by atoms with Crippen LogP contribution in [-0.4, -0.2) is 29.8 Å². The summed E-state index contributed by atoms with van der Waals surface area (Å²) in [5, 5.41) is 20.7. The maximum absolute atomic E-state index is 10.2. The molecule has 0 spiro atoms. The molecule has 0 bridgehead atoms. The van der Waals surface area contributed by atoms with Crippen molar-refractivity contribution in [2.24, 2.45) is 0 Å². The van der Waals surface area contributed by atoms with Gasteiger partial charge in [0, 0.05) is 12.1 Å². The molecule has 0 heterocycles. The van der Waals surface area contributed by atoms with Crippen molar-refractivity contribution < 1.29 is 19.7 Å². The van der Waals surface area contributed by atoms with Crippen LogP contribution in [0, 0.1) is 0 Å². The highest BCUT2D eigenvalue weighted by Gasteiger charge is 2.06. The molecular weight excluding hydrogens is 198 g/mol. The number of carboxylic acids is 1. The SMILES string of the molecule is COc1cccc(CNCC(=O)O)c1O. The van der Waals surface area contributed by atoms with Gasteiger partial charge in [-0.3, -0.25) is 4.79 Å². The van der Waals surface area contributed by atoms with Crippen molar-refractivity contribution in [2.75, 3.05) is 13.7 Å². The molecule has 1 rings (SSSR count). The van der Waals surface area contributed by atoms with E-state index in [-0.39, 0.29) is 18.8 Å². The number of nitrogens with one attached hydrogen (secondary N) is 1.